The topological polar surface area (TPSA) is 55.0 Å². The largest absolute Gasteiger partial charge is 0.383 e. The van der Waals surface area contributed by atoms with Gasteiger partial charge in [0.25, 0.3) is 0 Å². The average molecular weight is 399 g/mol. The third kappa shape index (κ3) is 5.32. The molecule has 1 aromatic carbocycles. The third-order valence-electron chi connectivity index (χ3n) is 4.33. The van der Waals surface area contributed by atoms with Gasteiger partial charge in [0.2, 0.25) is 0 Å². The number of benzene rings is 1. The first-order valence-electron chi connectivity index (χ1n) is 8.45. The van der Waals surface area contributed by atoms with Gasteiger partial charge >= 0.3 is 0 Å². The number of hydrogen-bond donors (Lipinski definition) is 1. The molecule has 1 aliphatic heterocycles. The van der Waals surface area contributed by atoms with Crippen LogP contribution in [-0.4, -0.2) is 14.9 Å². The summed E-state index contributed by atoms with van der Waals surface area (Å²) in [5.74, 6) is 1.13. The molecule has 0 spiro atoms. The highest BCUT2D eigenvalue weighted by molar-refractivity contribution is 5.85. The predicted molar refractivity (Wildman–Crippen MR) is 108 cm³/mol. The Kier molecular flexibility index (Phi) is 8.82. The molecule has 2 heterocycles. The molecule has 2 aromatic rings. The van der Waals surface area contributed by atoms with Crippen molar-refractivity contribution in [1.82, 2.24) is 14.9 Å². The van der Waals surface area contributed by atoms with Crippen LogP contribution >= 0.6 is 24.8 Å². The van der Waals surface area contributed by atoms with Crippen molar-refractivity contribution in [3.05, 3.63) is 65.5 Å². The van der Waals surface area contributed by atoms with E-state index >= 15 is 0 Å². The van der Waals surface area contributed by atoms with E-state index in [1.165, 1.54) is 12.1 Å². The van der Waals surface area contributed by atoms with Crippen molar-refractivity contribution in [3.63, 3.8) is 0 Å². The van der Waals surface area contributed by atoms with Crippen molar-refractivity contribution < 1.29 is 4.39 Å². The lowest BCUT2D eigenvalue weighted by Gasteiger charge is -2.34. The van der Waals surface area contributed by atoms with Crippen molar-refractivity contribution in [2.75, 3.05) is 5.73 Å². The van der Waals surface area contributed by atoms with Crippen LogP contribution in [0.3, 0.4) is 0 Å². The molecule has 142 valence electrons. The molecule has 0 bridgehead atoms. The molecule has 0 saturated carbocycles. The van der Waals surface area contributed by atoms with Gasteiger partial charge < -0.3 is 10.6 Å². The molecule has 1 unspecified atom stereocenters. The van der Waals surface area contributed by atoms with E-state index in [2.05, 4.69) is 34.1 Å². The van der Waals surface area contributed by atoms with Gasteiger partial charge in [0.15, 0.2) is 0 Å². The quantitative estimate of drug-likeness (QED) is 0.782. The fraction of sp³-hybridized carbons (Fsp3) is 0.368. The van der Waals surface area contributed by atoms with Gasteiger partial charge in [-0.05, 0) is 43.2 Å². The fourth-order valence-corrected chi connectivity index (χ4v) is 3.06. The average Bonchev–Trinajstić information content (AvgIpc) is 2.59. The molecule has 3 rings (SSSR count). The number of hydrogen-bond acceptors (Lipinski definition) is 4. The number of nitrogens with zero attached hydrogens (tertiary/aromatic N) is 3. The standard InChI is InChI=1S/C19H23FN4.2ClH/c1-2-5-18-22-12-15(19(21)23-18)13-24-11-4-3-6-17(24)14-7-9-16(20)10-8-14;;/h4,7-12,17H,2-3,5-6,13H2,1H3,(H2,21,22,23);2*1H. The second kappa shape index (κ2) is 10.3. The van der Waals surface area contributed by atoms with E-state index in [9.17, 15) is 4.39 Å². The summed E-state index contributed by atoms with van der Waals surface area (Å²) in [6.07, 6.45) is 9.93. The number of halogens is 3. The summed E-state index contributed by atoms with van der Waals surface area (Å²) in [4.78, 5) is 11.0. The number of anilines is 1. The summed E-state index contributed by atoms with van der Waals surface area (Å²) in [6.45, 7) is 2.75. The van der Waals surface area contributed by atoms with Crippen LogP contribution in [0.5, 0.6) is 0 Å². The Bertz CT molecular complexity index is 722. The monoisotopic (exact) mass is 398 g/mol. The van der Waals surface area contributed by atoms with E-state index in [4.69, 9.17) is 5.73 Å². The van der Waals surface area contributed by atoms with Gasteiger partial charge in [0.1, 0.15) is 17.5 Å². The fourth-order valence-electron chi connectivity index (χ4n) is 3.06. The zero-order chi connectivity index (χ0) is 16.9. The zero-order valence-electron chi connectivity index (χ0n) is 14.8. The van der Waals surface area contributed by atoms with E-state index in [1.54, 1.807) is 0 Å². The zero-order valence-corrected chi connectivity index (χ0v) is 16.4. The Labute approximate surface area is 166 Å². The van der Waals surface area contributed by atoms with Crippen LogP contribution in [0.2, 0.25) is 0 Å². The number of rotatable bonds is 5. The van der Waals surface area contributed by atoms with Crippen LogP contribution in [0.1, 0.15) is 49.2 Å². The van der Waals surface area contributed by atoms with Gasteiger partial charge in [-0.25, -0.2) is 14.4 Å². The van der Waals surface area contributed by atoms with Crippen molar-refractivity contribution in [2.45, 2.75) is 45.2 Å². The van der Waals surface area contributed by atoms with Gasteiger partial charge in [0, 0.05) is 24.7 Å². The molecule has 2 N–H and O–H groups in total. The summed E-state index contributed by atoms with van der Waals surface area (Å²) in [7, 11) is 0. The maximum Gasteiger partial charge on any atom is 0.132 e. The molecule has 0 saturated heterocycles. The van der Waals surface area contributed by atoms with Gasteiger partial charge in [-0.2, -0.15) is 0 Å². The summed E-state index contributed by atoms with van der Waals surface area (Å²) in [5.41, 5.74) is 8.16. The molecule has 1 aliphatic rings. The molecule has 7 heteroatoms. The minimum atomic E-state index is -0.208. The minimum Gasteiger partial charge on any atom is -0.383 e. The molecular weight excluding hydrogens is 374 g/mol. The van der Waals surface area contributed by atoms with Gasteiger partial charge in [-0.1, -0.05) is 25.1 Å². The van der Waals surface area contributed by atoms with E-state index in [-0.39, 0.29) is 36.7 Å². The lowest BCUT2D eigenvalue weighted by molar-refractivity contribution is 0.245. The lowest BCUT2D eigenvalue weighted by Crippen LogP contribution is -2.26. The summed E-state index contributed by atoms with van der Waals surface area (Å²) in [6, 6.07) is 6.96. The Morgan fingerprint density at radius 3 is 2.62 bits per heavy atom. The molecule has 0 aliphatic carbocycles. The lowest BCUT2D eigenvalue weighted by atomic mass is 9.97. The second-order valence-corrected chi connectivity index (χ2v) is 6.15. The molecule has 26 heavy (non-hydrogen) atoms. The molecule has 4 nitrogen and oxygen atoms in total. The Morgan fingerprint density at radius 2 is 1.96 bits per heavy atom. The number of nitrogen functional groups attached to an aromatic ring is 1. The van der Waals surface area contributed by atoms with Crippen LogP contribution < -0.4 is 5.73 Å². The summed E-state index contributed by atoms with van der Waals surface area (Å²) >= 11 is 0. The highest BCUT2D eigenvalue weighted by Gasteiger charge is 2.21. The second-order valence-electron chi connectivity index (χ2n) is 6.15. The molecule has 0 fully saturated rings. The van der Waals surface area contributed by atoms with Crippen molar-refractivity contribution >= 4 is 30.6 Å². The normalized spacial score (nSPS) is 15.9. The molecule has 1 atom stereocenters. The van der Waals surface area contributed by atoms with Crippen LogP contribution in [0.4, 0.5) is 10.2 Å². The highest BCUT2D eigenvalue weighted by atomic mass is 35.5. The highest BCUT2D eigenvalue weighted by Crippen LogP contribution is 2.31. The van der Waals surface area contributed by atoms with Crippen molar-refractivity contribution in [2.24, 2.45) is 0 Å². The first-order valence-corrected chi connectivity index (χ1v) is 8.45. The third-order valence-corrected chi connectivity index (χ3v) is 4.33. The number of aryl methyl sites for hydroxylation is 1. The summed E-state index contributed by atoms with van der Waals surface area (Å²) in [5, 5.41) is 0. The smallest absolute Gasteiger partial charge is 0.132 e. The molecule has 1 aromatic heterocycles. The minimum absolute atomic E-state index is 0. The molecular formula is C19H25Cl2FN4. The van der Waals surface area contributed by atoms with Crippen LogP contribution in [0.15, 0.2) is 42.7 Å². The molecule has 0 amide bonds. The van der Waals surface area contributed by atoms with E-state index < -0.39 is 0 Å². The van der Waals surface area contributed by atoms with E-state index in [0.717, 1.165) is 42.6 Å². The predicted octanol–water partition coefficient (Wildman–Crippen LogP) is 4.84. The summed E-state index contributed by atoms with van der Waals surface area (Å²) < 4.78 is 13.2. The van der Waals surface area contributed by atoms with Gasteiger partial charge in [-0.3, -0.25) is 0 Å². The number of nitrogens with two attached hydrogens (primary N) is 1. The van der Waals surface area contributed by atoms with Gasteiger partial charge in [-0.15, -0.1) is 24.8 Å². The van der Waals surface area contributed by atoms with Crippen molar-refractivity contribution in [1.29, 1.82) is 0 Å². The Hall–Kier alpha value is -1.85. The molecule has 0 radical (unpaired) electrons. The first-order chi connectivity index (χ1) is 11.7. The Balaban J connectivity index is 0.00000169. The maximum atomic E-state index is 13.2. The number of allylic oxidation sites excluding steroid dienone is 1. The van der Waals surface area contributed by atoms with Crippen LogP contribution in [-0.2, 0) is 13.0 Å². The SMILES string of the molecule is CCCc1ncc(CN2C=CCCC2c2ccc(F)cc2)c(N)n1.Cl.Cl. The van der Waals surface area contributed by atoms with Crippen LogP contribution in [0, 0.1) is 5.82 Å². The van der Waals surface area contributed by atoms with Gasteiger partial charge in [0.05, 0.1) is 6.04 Å². The Morgan fingerprint density at radius 1 is 1.23 bits per heavy atom. The van der Waals surface area contributed by atoms with E-state index in [1.807, 2.05) is 18.3 Å². The van der Waals surface area contributed by atoms with Crippen LogP contribution in [0.25, 0.3) is 0 Å². The maximum absolute atomic E-state index is 13.2. The first kappa shape index (κ1) is 22.2. The van der Waals surface area contributed by atoms with E-state index in [0.29, 0.717) is 12.4 Å². The number of aromatic nitrogens is 2. The van der Waals surface area contributed by atoms with Crippen molar-refractivity contribution in [3.8, 4) is 0 Å².